The van der Waals surface area contributed by atoms with Crippen LogP contribution >= 0.6 is 0 Å². The summed E-state index contributed by atoms with van der Waals surface area (Å²) < 4.78 is 31.4. The Labute approximate surface area is 202 Å². The first kappa shape index (κ1) is 21.9. The Balaban J connectivity index is 1.44. The van der Waals surface area contributed by atoms with E-state index in [1.807, 2.05) is 6.07 Å². The number of halogens is 1. The molecule has 2 aromatic heterocycles. The van der Waals surface area contributed by atoms with Gasteiger partial charge in [-0.1, -0.05) is 6.07 Å². The molecule has 2 fully saturated rings. The van der Waals surface area contributed by atoms with Gasteiger partial charge in [0.05, 0.1) is 48.6 Å². The number of methoxy groups -OCH3 is 1. The maximum atomic E-state index is 14.5. The Bertz CT molecular complexity index is 1280. The number of carbonyl (C=O) groups excluding carboxylic acids is 1. The smallest absolute Gasteiger partial charge is 0.255 e. The van der Waals surface area contributed by atoms with Crippen molar-refractivity contribution in [2.24, 2.45) is 0 Å². The van der Waals surface area contributed by atoms with Gasteiger partial charge in [-0.3, -0.25) is 9.78 Å². The number of hydrogen-bond donors (Lipinski definition) is 3. The summed E-state index contributed by atoms with van der Waals surface area (Å²) in [4.78, 5) is 20.9. The number of amides is 1. The van der Waals surface area contributed by atoms with E-state index < -0.39 is 5.82 Å². The van der Waals surface area contributed by atoms with Crippen molar-refractivity contribution in [1.82, 2.24) is 15.3 Å². The van der Waals surface area contributed by atoms with E-state index in [-0.39, 0.29) is 23.2 Å². The van der Waals surface area contributed by atoms with Crippen LogP contribution in [0, 0.1) is 5.82 Å². The molecular formula is C26H27FN4O4. The summed E-state index contributed by atoms with van der Waals surface area (Å²) in [6.45, 7) is 1.90. The first-order chi connectivity index (χ1) is 17.1. The van der Waals surface area contributed by atoms with Gasteiger partial charge in [0.1, 0.15) is 5.75 Å². The number of nitrogens with zero attached hydrogens (tertiary/aromatic N) is 1. The van der Waals surface area contributed by atoms with Crippen LogP contribution in [0.15, 0.2) is 36.7 Å². The standard InChI is InChI=1S/C26H27FN4O4/c1-33-23-17(27)3-2-4-18(23)30-22-20-24(26(8-9-26)14-29-25(20)32)31-21(22)16-5-10-28-13-19(16)35-12-7-15-6-11-34-15/h2-5,10,13,15,30-31H,6-9,11-12,14H2,1H3,(H,29,32)/t15-/m1/s1. The average Bonchev–Trinajstić information content (AvgIpc) is 3.51. The maximum Gasteiger partial charge on any atom is 0.255 e. The van der Waals surface area contributed by atoms with E-state index in [9.17, 15) is 9.18 Å². The van der Waals surface area contributed by atoms with Crippen LogP contribution in [0.25, 0.3) is 11.3 Å². The molecule has 2 aliphatic heterocycles. The van der Waals surface area contributed by atoms with Crippen LogP contribution in [0.5, 0.6) is 11.5 Å². The third-order valence-electron chi connectivity index (χ3n) is 7.17. The molecule has 6 rings (SSSR count). The lowest BCUT2D eigenvalue weighted by Crippen LogP contribution is -2.39. The van der Waals surface area contributed by atoms with Gasteiger partial charge in [0, 0.05) is 42.4 Å². The first-order valence-electron chi connectivity index (χ1n) is 11.9. The van der Waals surface area contributed by atoms with E-state index in [2.05, 4.69) is 20.6 Å². The number of pyridine rings is 1. The molecule has 182 valence electrons. The topological polar surface area (TPSA) is 97.5 Å². The highest BCUT2D eigenvalue weighted by Gasteiger charge is 2.51. The van der Waals surface area contributed by atoms with Gasteiger partial charge in [-0.15, -0.1) is 0 Å². The highest BCUT2D eigenvalue weighted by Crippen LogP contribution is 2.54. The van der Waals surface area contributed by atoms with Crippen molar-refractivity contribution in [3.05, 3.63) is 53.7 Å². The Kier molecular flexibility index (Phi) is 5.36. The second-order valence-corrected chi connectivity index (χ2v) is 9.32. The zero-order chi connectivity index (χ0) is 24.0. The van der Waals surface area contributed by atoms with Crippen molar-refractivity contribution in [3.63, 3.8) is 0 Å². The van der Waals surface area contributed by atoms with Gasteiger partial charge < -0.3 is 29.8 Å². The molecular weight excluding hydrogens is 451 g/mol. The van der Waals surface area contributed by atoms with Gasteiger partial charge in [0.2, 0.25) is 0 Å². The monoisotopic (exact) mass is 478 g/mol. The van der Waals surface area contributed by atoms with Crippen LogP contribution in [0.4, 0.5) is 15.8 Å². The number of fused-ring (bicyclic) bond motifs is 2. The van der Waals surface area contributed by atoms with Crippen molar-refractivity contribution in [3.8, 4) is 22.8 Å². The molecule has 9 heteroatoms. The van der Waals surface area contributed by atoms with Crippen LogP contribution in [-0.4, -0.2) is 48.8 Å². The van der Waals surface area contributed by atoms with Gasteiger partial charge >= 0.3 is 0 Å². The number of rotatable bonds is 8. The van der Waals surface area contributed by atoms with Crippen LogP contribution in [0.2, 0.25) is 0 Å². The van der Waals surface area contributed by atoms with Crippen molar-refractivity contribution in [1.29, 1.82) is 0 Å². The fraction of sp³-hybridized carbons (Fsp3) is 0.385. The Morgan fingerprint density at radius 2 is 2.17 bits per heavy atom. The number of aromatic nitrogens is 2. The van der Waals surface area contributed by atoms with E-state index >= 15 is 0 Å². The summed E-state index contributed by atoms with van der Waals surface area (Å²) in [5.41, 5.74) is 3.80. The summed E-state index contributed by atoms with van der Waals surface area (Å²) in [5.74, 6) is 0.0247. The van der Waals surface area contributed by atoms with Crippen molar-refractivity contribution in [2.45, 2.75) is 37.2 Å². The second kappa shape index (κ2) is 8.57. The molecule has 0 unspecified atom stereocenters. The second-order valence-electron chi connectivity index (χ2n) is 9.32. The molecule has 1 atom stereocenters. The van der Waals surface area contributed by atoms with Crippen LogP contribution < -0.4 is 20.1 Å². The molecule has 8 nitrogen and oxygen atoms in total. The number of para-hydroxylation sites is 1. The van der Waals surface area contributed by atoms with E-state index in [0.717, 1.165) is 43.5 Å². The van der Waals surface area contributed by atoms with Crippen LogP contribution in [0.1, 0.15) is 41.7 Å². The Morgan fingerprint density at radius 1 is 1.31 bits per heavy atom. The number of anilines is 2. The number of nitrogens with one attached hydrogen (secondary N) is 3. The van der Waals surface area contributed by atoms with Crippen molar-refractivity contribution >= 4 is 17.3 Å². The predicted molar refractivity (Wildman–Crippen MR) is 128 cm³/mol. The van der Waals surface area contributed by atoms with Crippen LogP contribution in [0.3, 0.4) is 0 Å². The summed E-state index contributed by atoms with van der Waals surface area (Å²) in [7, 11) is 1.42. The molecule has 1 aromatic carbocycles. The predicted octanol–water partition coefficient (Wildman–Crippen LogP) is 4.30. The zero-order valence-corrected chi connectivity index (χ0v) is 19.4. The van der Waals surface area contributed by atoms with Gasteiger partial charge in [0.25, 0.3) is 5.91 Å². The third kappa shape index (κ3) is 3.80. The lowest BCUT2D eigenvalue weighted by Gasteiger charge is -2.26. The highest BCUT2D eigenvalue weighted by atomic mass is 19.1. The van der Waals surface area contributed by atoms with E-state index in [1.54, 1.807) is 24.5 Å². The van der Waals surface area contributed by atoms with Crippen molar-refractivity contribution < 1.29 is 23.4 Å². The largest absolute Gasteiger partial charge is 0.492 e. The van der Waals surface area contributed by atoms with E-state index in [4.69, 9.17) is 14.2 Å². The summed E-state index contributed by atoms with van der Waals surface area (Å²) in [5, 5.41) is 6.34. The molecule has 1 spiro atoms. The number of carbonyl (C=O) groups is 1. The minimum Gasteiger partial charge on any atom is -0.492 e. The summed E-state index contributed by atoms with van der Waals surface area (Å²) in [6, 6.07) is 6.52. The van der Waals surface area contributed by atoms with Gasteiger partial charge in [-0.2, -0.15) is 0 Å². The van der Waals surface area contributed by atoms with E-state index in [0.29, 0.717) is 41.5 Å². The maximum absolute atomic E-state index is 14.5. The SMILES string of the molecule is COc1c(F)cccc1Nc1c(-c2ccncc2OCC[C@H]2CCO2)[nH]c2c1C(=O)NCC21CC1. The molecule has 0 bridgehead atoms. The molecule has 1 saturated carbocycles. The number of hydrogen-bond acceptors (Lipinski definition) is 6. The normalized spacial score (nSPS) is 19.5. The first-order valence-corrected chi connectivity index (χ1v) is 11.9. The molecule has 1 saturated heterocycles. The minimum absolute atomic E-state index is 0.0810. The van der Waals surface area contributed by atoms with Crippen molar-refractivity contribution in [2.75, 3.05) is 32.2 Å². The molecule has 3 N–H and O–H groups in total. The molecule has 3 aliphatic rings. The number of aromatic amines is 1. The van der Waals surface area contributed by atoms with Crippen LogP contribution in [-0.2, 0) is 10.2 Å². The Hall–Kier alpha value is -3.59. The molecule has 4 heterocycles. The third-order valence-corrected chi connectivity index (χ3v) is 7.17. The minimum atomic E-state index is -0.488. The molecule has 3 aromatic rings. The zero-order valence-electron chi connectivity index (χ0n) is 19.4. The van der Waals surface area contributed by atoms with E-state index in [1.165, 1.54) is 13.2 Å². The lowest BCUT2D eigenvalue weighted by atomic mass is 9.93. The summed E-state index contributed by atoms with van der Waals surface area (Å²) >= 11 is 0. The van der Waals surface area contributed by atoms with Gasteiger partial charge in [0.15, 0.2) is 11.6 Å². The number of ether oxygens (including phenoxy) is 3. The van der Waals surface area contributed by atoms with Gasteiger partial charge in [-0.25, -0.2) is 4.39 Å². The van der Waals surface area contributed by atoms with Gasteiger partial charge in [-0.05, 0) is 37.5 Å². The quantitative estimate of drug-likeness (QED) is 0.447. The fourth-order valence-corrected chi connectivity index (χ4v) is 4.92. The molecule has 35 heavy (non-hydrogen) atoms. The Morgan fingerprint density at radius 3 is 2.91 bits per heavy atom. The molecule has 0 radical (unpaired) electrons. The highest BCUT2D eigenvalue weighted by molar-refractivity contribution is 6.07. The number of benzene rings is 1. The summed E-state index contributed by atoms with van der Waals surface area (Å²) in [6.07, 6.45) is 7.44. The molecule has 1 aliphatic carbocycles. The average molecular weight is 479 g/mol. The number of H-pyrrole nitrogens is 1. The lowest BCUT2D eigenvalue weighted by molar-refractivity contribution is -0.0596. The molecule has 1 amide bonds. The fourth-order valence-electron chi connectivity index (χ4n) is 4.92.